The predicted molar refractivity (Wildman–Crippen MR) is 78.6 cm³/mol. The largest absolute Gasteiger partial charge is 0.373 e. The van der Waals surface area contributed by atoms with Gasteiger partial charge in [0.1, 0.15) is 0 Å². The SMILES string of the molecule is CNC(=O)c1ccc(S(=O)(=O)N2C[C@@H](C)O[C@@H](C)C2)cc1. The lowest BCUT2D eigenvalue weighted by Crippen LogP contribution is -2.48. The van der Waals surface area contributed by atoms with Crippen molar-refractivity contribution in [3.63, 3.8) is 0 Å². The van der Waals surface area contributed by atoms with E-state index >= 15 is 0 Å². The molecule has 6 nitrogen and oxygen atoms in total. The van der Waals surface area contributed by atoms with E-state index in [9.17, 15) is 13.2 Å². The van der Waals surface area contributed by atoms with E-state index in [1.165, 1.54) is 35.6 Å². The zero-order valence-electron chi connectivity index (χ0n) is 12.4. The molecule has 0 radical (unpaired) electrons. The minimum absolute atomic E-state index is 0.131. The number of morpholine rings is 1. The Balaban J connectivity index is 2.25. The molecule has 1 aliphatic rings. The third-order valence-corrected chi connectivity index (χ3v) is 5.21. The van der Waals surface area contributed by atoms with Crippen molar-refractivity contribution in [3.05, 3.63) is 29.8 Å². The summed E-state index contributed by atoms with van der Waals surface area (Å²) in [6.45, 7) is 4.38. The first kappa shape index (κ1) is 15.9. The second-order valence-corrected chi connectivity index (χ2v) is 7.12. The number of nitrogens with one attached hydrogen (secondary N) is 1. The lowest BCUT2D eigenvalue weighted by Gasteiger charge is -2.34. The van der Waals surface area contributed by atoms with Gasteiger partial charge in [-0.3, -0.25) is 4.79 Å². The molecule has 1 heterocycles. The van der Waals surface area contributed by atoms with Crippen molar-refractivity contribution < 1.29 is 17.9 Å². The maximum absolute atomic E-state index is 12.6. The molecule has 0 unspecified atom stereocenters. The molecule has 116 valence electrons. The third-order valence-electron chi connectivity index (χ3n) is 3.37. The molecule has 1 saturated heterocycles. The fraction of sp³-hybridized carbons (Fsp3) is 0.500. The number of rotatable bonds is 3. The molecule has 0 bridgehead atoms. The number of hydrogen-bond acceptors (Lipinski definition) is 4. The standard InChI is InChI=1S/C14H20N2O4S/c1-10-8-16(9-11(2)20-10)21(18,19)13-6-4-12(5-7-13)14(17)15-3/h4-7,10-11H,8-9H2,1-3H3,(H,15,17)/t10-,11+. The number of sulfonamides is 1. The Labute approximate surface area is 125 Å². The third kappa shape index (κ3) is 3.42. The molecule has 2 atom stereocenters. The molecule has 1 aromatic carbocycles. The van der Waals surface area contributed by atoms with Crippen LogP contribution in [-0.4, -0.2) is 51.0 Å². The van der Waals surface area contributed by atoms with Crippen LogP contribution in [0.1, 0.15) is 24.2 Å². The molecule has 1 aliphatic heterocycles. The summed E-state index contributed by atoms with van der Waals surface area (Å²) >= 11 is 0. The minimum Gasteiger partial charge on any atom is -0.373 e. The van der Waals surface area contributed by atoms with Crippen molar-refractivity contribution in [2.75, 3.05) is 20.1 Å². The molecular weight excluding hydrogens is 292 g/mol. The van der Waals surface area contributed by atoms with Gasteiger partial charge in [-0.2, -0.15) is 4.31 Å². The van der Waals surface area contributed by atoms with Gasteiger partial charge in [-0.15, -0.1) is 0 Å². The number of ether oxygens (including phenoxy) is 1. The Morgan fingerprint density at radius 3 is 2.19 bits per heavy atom. The lowest BCUT2D eigenvalue weighted by molar-refractivity contribution is -0.0440. The second-order valence-electron chi connectivity index (χ2n) is 5.18. The van der Waals surface area contributed by atoms with Crippen molar-refractivity contribution in [2.45, 2.75) is 31.0 Å². The molecule has 7 heteroatoms. The van der Waals surface area contributed by atoms with Gasteiger partial charge < -0.3 is 10.1 Å². The van der Waals surface area contributed by atoms with E-state index in [4.69, 9.17) is 4.74 Å². The number of benzene rings is 1. The van der Waals surface area contributed by atoms with Gasteiger partial charge in [0.2, 0.25) is 10.0 Å². The van der Waals surface area contributed by atoms with Crippen LogP contribution >= 0.6 is 0 Å². The Bertz CT molecular complexity index is 602. The van der Waals surface area contributed by atoms with E-state index in [1.54, 1.807) is 0 Å². The molecule has 21 heavy (non-hydrogen) atoms. The number of amides is 1. The van der Waals surface area contributed by atoms with Gasteiger partial charge in [0.25, 0.3) is 5.91 Å². The van der Waals surface area contributed by atoms with E-state index in [2.05, 4.69) is 5.32 Å². The molecule has 0 aliphatic carbocycles. The summed E-state index contributed by atoms with van der Waals surface area (Å²) in [5.41, 5.74) is 0.431. The van der Waals surface area contributed by atoms with Crippen LogP contribution in [0.4, 0.5) is 0 Å². The van der Waals surface area contributed by atoms with Crippen LogP contribution in [-0.2, 0) is 14.8 Å². The normalized spacial score (nSPS) is 23.8. The molecular formula is C14H20N2O4S. The van der Waals surface area contributed by atoms with E-state index in [-0.39, 0.29) is 23.0 Å². The first-order valence-corrected chi connectivity index (χ1v) is 8.26. The zero-order valence-corrected chi connectivity index (χ0v) is 13.2. The first-order valence-electron chi connectivity index (χ1n) is 6.82. The molecule has 0 saturated carbocycles. The fourth-order valence-corrected chi connectivity index (χ4v) is 3.99. The number of carbonyl (C=O) groups is 1. The van der Waals surface area contributed by atoms with Crippen LogP contribution in [0, 0.1) is 0 Å². The van der Waals surface area contributed by atoms with E-state index in [0.717, 1.165) is 0 Å². The van der Waals surface area contributed by atoms with E-state index < -0.39 is 10.0 Å². The maximum atomic E-state index is 12.6. The lowest BCUT2D eigenvalue weighted by atomic mass is 10.2. The van der Waals surface area contributed by atoms with Crippen molar-refractivity contribution in [2.24, 2.45) is 0 Å². The fourth-order valence-electron chi connectivity index (χ4n) is 2.40. The summed E-state index contributed by atoms with van der Waals surface area (Å²) in [4.78, 5) is 11.7. The molecule has 1 N–H and O–H groups in total. The van der Waals surface area contributed by atoms with Crippen molar-refractivity contribution >= 4 is 15.9 Å². The molecule has 0 spiro atoms. The molecule has 0 aromatic heterocycles. The van der Waals surface area contributed by atoms with Crippen LogP contribution in [0.2, 0.25) is 0 Å². The van der Waals surface area contributed by atoms with Gasteiger partial charge >= 0.3 is 0 Å². The smallest absolute Gasteiger partial charge is 0.251 e. The highest BCUT2D eigenvalue weighted by Crippen LogP contribution is 2.21. The van der Waals surface area contributed by atoms with Gasteiger partial charge in [0.15, 0.2) is 0 Å². The minimum atomic E-state index is -3.56. The highest BCUT2D eigenvalue weighted by molar-refractivity contribution is 7.89. The van der Waals surface area contributed by atoms with Crippen molar-refractivity contribution in [1.29, 1.82) is 0 Å². The van der Waals surface area contributed by atoms with Crippen LogP contribution in [0.25, 0.3) is 0 Å². The Hall–Kier alpha value is -1.44. The second kappa shape index (κ2) is 6.13. The number of carbonyl (C=O) groups excluding carboxylic acids is 1. The van der Waals surface area contributed by atoms with Crippen molar-refractivity contribution in [3.8, 4) is 0 Å². The summed E-state index contributed by atoms with van der Waals surface area (Å²) < 4.78 is 32.2. The van der Waals surface area contributed by atoms with Crippen LogP contribution in [0.5, 0.6) is 0 Å². The number of nitrogens with zero attached hydrogens (tertiary/aromatic N) is 1. The average Bonchev–Trinajstić information content (AvgIpc) is 2.45. The average molecular weight is 312 g/mol. The van der Waals surface area contributed by atoms with Gasteiger partial charge in [0, 0.05) is 25.7 Å². The Kier molecular flexibility index (Phi) is 4.65. The predicted octanol–water partition coefficient (Wildman–Crippen LogP) is 0.844. The van der Waals surface area contributed by atoms with Gasteiger partial charge in [0.05, 0.1) is 17.1 Å². The monoisotopic (exact) mass is 312 g/mol. The molecule has 1 fully saturated rings. The van der Waals surface area contributed by atoms with Gasteiger partial charge in [-0.05, 0) is 38.1 Å². The van der Waals surface area contributed by atoms with Gasteiger partial charge in [-0.25, -0.2) is 8.42 Å². The van der Waals surface area contributed by atoms with E-state index in [0.29, 0.717) is 18.7 Å². The summed E-state index contributed by atoms with van der Waals surface area (Å²) in [6, 6.07) is 5.95. The highest BCUT2D eigenvalue weighted by atomic mass is 32.2. The van der Waals surface area contributed by atoms with Crippen LogP contribution < -0.4 is 5.32 Å². The number of hydrogen-bond donors (Lipinski definition) is 1. The van der Waals surface area contributed by atoms with Crippen molar-refractivity contribution in [1.82, 2.24) is 9.62 Å². The summed E-state index contributed by atoms with van der Waals surface area (Å²) in [5.74, 6) is -0.243. The Morgan fingerprint density at radius 1 is 1.19 bits per heavy atom. The quantitative estimate of drug-likeness (QED) is 0.897. The van der Waals surface area contributed by atoms with E-state index in [1.807, 2.05) is 13.8 Å². The van der Waals surface area contributed by atoms with Crippen LogP contribution in [0.15, 0.2) is 29.2 Å². The molecule has 1 amide bonds. The van der Waals surface area contributed by atoms with Gasteiger partial charge in [-0.1, -0.05) is 0 Å². The first-order chi connectivity index (χ1) is 9.84. The zero-order chi connectivity index (χ0) is 15.6. The van der Waals surface area contributed by atoms with Crippen LogP contribution in [0.3, 0.4) is 0 Å². The molecule has 2 rings (SSSR count). The summed E-state index contributed by atoms with van der Waals surface area (Å²) in [6.07, 6.45) is -0.262. The topological polar surface area (TPSA) is 75.7 Å². The summed E-state index contributed by atoms with van der Waals surface area (Å²) in [7, 11) is -2.02. The highest BCUT2D eigenvalue weighted by Gasteiger charge is 2.32. The maximum Gasteiger partial charge on any atom is 0.251 e. The molecule has 1 aromatic rings. The summed E-state index contributed by atoms with van der Waals surface area (Å²) in [5, 5.41) is 2.50. The Morgan fingerprint density at radius 2 is 1.71 bits per heavy atom.